The molecule has 1 saturated heterocycles. The largest absolute Gasteiger partial charge is 0.369 e. The molecule has 1 fully saturated rings. The molecule has 4 aromatic rings. The van der Waals surface area contributed by atoms with E-state index in [1.54, 1.807) is 18.0 Å². The Hall–Kier alpha value is -3.13. The van der Waals surface area contributed by atoms with Gasteiger partial charge in [-0.05, 0) is 68.3 Å². The van der Waals surface area contributed by atoms with E-state index in [0.717, 1.165) is 36.4 Å². The van der Waals surface area contributed by atoms with Gasteiger partial charge in [0.15, 0.2) is 0 Å². The number of aryl methyl sites for hydroxylation is 1. The average Bonchev–Trinajstić information content (AvgIpc) is 3.35. The van der Waals surface area contributed by atoms with Gasteiger partial charge in [-0.25, -0.2) is 4.39 Å². The first-order valence-electron chi connectivity index (χ1n) is 11.6. The van der Waals surface area contributed by atoms with E-state index in [9.17, 15) is 4.79 Å². The van der Waals surface area contributed by atoms with Crippen LogP contribution in [0.25, 0.3) is 33.7 Å². The number of aromatic nitrogens is 3. The van der Waals surface area contributed by atoms with E-state index in [4.69, 9.17) is 4.52 Å². The Labute approximate surface area is 201 Å². The SMILES string of the molecule is CCn1cc(-c2nc(-c3ccc(SC)cc3)no2)c(=O)c2cc(F)c(N3CCC(C)CC3)cc21. The molecule has 0 aliphatic carbocycles. The fourth-order valence-corrected chi connectivity index (χ4v) is 4.90. The molecule has 0 bridgehead atoms. The zero-order valence-corrected chi connectivity index (χ0v) is 20.4. The predicted molar refractivity (Wildman–Crippen MR) is 135 cm³/mol. The van der Waals surface area contributed by atoms with Crippen LogP contribution in [0.15, 0.2) is 56.8 Å². The van der Waals surface area contributed by atoms with Crippen molar-refractivity contribution in [2.45, 2.75) is 38.1 Å². The number of hydrogen-bond acceptors (Lipinski definition) is 6. The minimum atomic E-state index is -0.376. The third-order valence-electron chi connectivity index (χ3n) is 6.62. The lowest BCUT2D eigenvalue weighted by molar-refractivity contribution is 0.431. The lowest BCUT2D eigenvalue weighted by Crippen LogP contribution is -2.33. The number of anilines is 1. The molecule has 0 radical (unpaired) electrons. The number of fused-ring (bicyclic) bond motifs is 1. The van der Waals surface area contributed by atoms with Crippen molar-refractivity contribution >= 4 is 28.4 Å². The highest BCUT2D eigenvalue weighted by Crippen LogP contribution is 2.30. The number of hydrogen-bond donors (Lipinski definition) is 0. The van der Waals surface area contributed by atoms with Gasteiger partial charge in [-0.3, -0.25) is 4.79 Å². The van der Waals surface area contributed by atoms with Gasteiger partial charge in [0.1, 0.15) is 11.4 Å². The van der Waals surface area contributed by atoms with Gasteiger partial charge >= 0.3 is 0 Å². The molecule has 0 spiro atoms. The standard InChI is InChI=1S/C26H27FN4O2S/c1-4-30-15-20(26-28-25(29-33-26)17-5-7-18(34-3)8-6-17)24(32)19-13-21(27)23(14-22(19)30)31-11-9-16(2)10-12-31/h5-8,13-16H,4,9-12H2,1-3H3. The quantitative estimate of drug-likeness (QED) is 0.336. The van der Waals surface area contributed by atoms with E-state index in [1.165, 1.54) is 6.07 Å². The Balaban J connectivity index is 1.57. The van der Waals surface area contributed by atoms with Gasteiger partial charge in [-0.1, -0.05) is 12.1 Å². The molecule has 6 nitrogen and oxygen atoms in total. The van der Waals surface area contributed by atoms with Gasteiger partial charge in [0, 0.05) is 41.7 Å². The molecule has 5 rings (SSSR count). The molecule has 2 aromatic heterocycles. The Morgan fingerprint density at radius 2 is 1.91 bits per heavy atom. The van der Waals surface area contributed by atoms with Gasteiger partial charge in [0.05, 0.1) is 11.2 Å². The van der Waals surface area contributed by atoms with E-state index in [-0.39, 0.29) is 22.7 Å². The summed E-state index contributed by atoms with van der Waals surface area (Å²) in [5.41, 5.74) is 2.02. The van der Waals surface area contributed by atoms with Crippen LogP contribution in [-0.4, -0.2) is 34.1 Å². The van der Waals surface area contributed by atoms with Crippen LogP contribution in [0, 0.1) is 11.7 Å². The zero-order chi connectivity index (χ0) is 23.8. The molecular formula is C26H27FN4O2S. The first-order valence-corrected chi connectivity index (χ1v) is 12.8. The summed E-state index contributed by atoms with van der Waals surface area (Å²) in [6.07, 6.45) is 5.82. The molecule has 0 amide bonds. The fourth-order valence-electron chi connectivity index (χ4n) is 4.50. The molecule has 0 atom stereocenters. The van der Waals surface area contributed by atoms with Crippen LogP contribution in [0.2, 0.25) is 0 Å². The van der Waals surface area contributed by atoms with Crippen molar-refractivity contribution in [2.75, 3.05) is 24.2 Å². The van der Waals surface area contributed by atoms with Gasteiger partial charge in [0.2, 0.25) is 11.3 Å². The van der Waals surface area contributed by atoms with Gasteiger partial charge in [0.25, 0.3) is 5.89 Å². The van der Waals surface area contributed by atoms with Crippen molar-refractivity contribution in [3.05, 3.63) is 58.6 Å². The number of nitrogens with zero attached hydrogens (tertiary/aromatic N) is 4. The molecule has 1 aliphatic heterocycles. The first kappa shape index (κ1) is 22.7. The third kappa shape index (κ3) is 4.11. The number of piperidine rings is 1. The zero-order valence-electron chi connectivity index (χ0n) is 19.5. The van der Waals surface area contributed by atoms with E-state index in [1.807, 2.05) is 48.1 Å². The van der Waals surface area contributed by atoms with Crippen molar-refractivity contribution in [3.63, 3.8) is 0 Å². The Bertz CT molecular complexity index is 1390. The van der Waals surface area contributed by atoms with E-state index >= 15 is 4.39 Å². The molecule has 3 heterocycles. The molecule has 8 heteroatoms. The van der Waals surface area contributed by atoms with Gasteiger partial charge < -0.3 is 14.0 Å². The summed E-state index contributed by atoms with van der Waals surface area (Å²) in [5.74, 6) is 0.816. The molecule has 0 N–H and O–H groups in total. The van der Waals surface area contributed by atoms with Crippen LogP contribution in [-0.2, 0) is 6.54 Å². The molecule has 0 saturated carbocycles. The summed E-state index contributed by atoms with van der Waals surface area (Å²) < 4.78 is 22.6. The number of benzene rings is 2. The Morgan fingerprint density at radius 1 is 1.18 bits per heavy atom. The van der Waals surface area contributed by atoms with E-state index in [2.05, 4.69) is 22.0 Å². The normalized spacial score (nSPS) is 14.8. The second-order valence-corrected chi connectivity index (χ2v) is 9.68. The number of thioether (sulfide) groups is 1. The van der Waals surface area contributed by atoms with Crippen LogP contribution >= 0.6 is 11.8 Å². The topological polar surface area (TPSA) is 64.2 Å². The summed E-state index contributed by atoms with van der Waals surface area (Å²) in [7, 11) is 0. The van der Waals surface area contributed by atoms with Crippen molar-refractivity contribution in [1.82, 2.24) is 14.7 Å². The second kappa shape index (κ2) is 9.25. The number of pyridine rings is 1. The van der Waals surface area contributed by atoms with Gasteiger partial charge in [-0.2, -0.15) is 4.98 Å². The molecule has 176 valence electrons. The smallest absolute Gasteiger partial charge is 0.263 e. The fraction of sp³-hybridized carbons (Fsp3) is 0.346. The summed E-state index contributed by atoms with van der Waals surface area (Å²) >= 11 is 1.65. The summed E-state index contributed by atoms with van der Waals surface area (Å²) in [6.45, 7) is 6.48. The van der Waals surface area contributed by atoms with Crippen LogP contribution in [0.5, 0.6) is 0 Å². The molecule has 2 aromatic carbocycles. The van der Waals surface area contributed by atoms with Crippen LogP contribution in [0.4, 0.5) is 10.1 Å². The Morgan fingerprint density at radius 3 is 2.59 bits per heavy atom. The predicted octanol–water partition coefficient (Wildman–Crippen LogP) is 5.84. The molecule has 0 unspecified atom stereocenters. The van der Waals surface area contributed by atoms with E-state index < -0.39 is 0 Å². The highest BCUT2D eigenvalue weighted by Gasteiger charge is 2.22. The monoisotopic (exact) mass is 478 g/mol. The Kier molecular flexibility index (Phi) is 6.16. The highest BCUT2D eigenvalue weighted by molar-refractivity contribution is 7.98. The summed E-state index contributed by atoms with van der Waals surface area (Å²) in [6, 6.07) is 11.0. The number of halogens is 1. The van der Waals surface area contributed by atoms with Crippen LogP contribution in [0.3, 0.4) is 0 Å². The van der Waals surface area contributed by atoms with Crippen LogP contribution < -0.4 is 10.3 Å². The molecule has 34 heavy (non-hydrogen) atoms. The van der Waals surface area contributed by atoms with Gasteiger partial charge in [-0.15, -0.1) is 11.8 Å². The molecular weight excluding hydrogens is 451 g/mol. The lowest BCUT2D eigenvalue weighted by atomic mass is 9.98. The summed E-state index contributed by atoms with van der Waals surface area (Å²) in [4.78, 5) is 21.1. The van der Waals surface area contributed by atoms with E-state index in [0.29, 0.717) is 34.9 Å². The first-order chi connectivity index (χ1) is 16.5. The van der Waals surface area contributed by atoms with Crippen molar-refractivity contribution in [3.8, 4) is 22.8 Å². The maximum Gasteiger partial charge on any atom is 0.263 e. The molecule has 1 aliphatic rings. The maximum absolute atomic E-state index is 15.2. The second-order valence-electron chi connectivity index (χ2n) is 8.80. The summed E-state index contributed by atoms with van der Waals surface area (Å²) in [5, 5.41) is 4.39. The van der Waals surface area contributed by atoms with Crippen molar-refractivity contribution in [1.29, 1.82) is 0 Å². The maximum atomic E-state index is 15.2. The minimum Gasteiger partial charge on any atom is -0.369 e. The van der Waals surface area contributed by atoms with Crippen LogP contribution in [0.1, 0.15) is 26.7 Å². The number of rotatable bonds is 5. The highest BCUT2D eigenvalue weighted by atomic mass is 32.2. The lowest BCUT2D eigenvalue weighted by Gasteiger charge is -2.32. The van der Waals surface area contributed by atoms with Crippen molar-refractivity contribution < 1.29 is 8.91 Å². The van der Waals surface area contributed by atoms with Crippen molar-refractivity contribution in [2.24, 2.45) is 5.92 Å². The minimum absolute atomic E-state index is 0.132. The average molecular weight is 479 g/mol. The third-order valence-corrected chi connectivity index (χ3v) is 7.36.